The van der Waals surface area contributed by atoms with E-state index in [0.29, 0.717) is 6.42 Å². The van der Waals surface area contributed by atoms with Gasteiger partial charge in [0.25, 0.3) is 0 Å². The molecule has 2 heterocycles. The highest BCUT2D eigenvalue weighted by Crippen LogP contribution is 2.34. The quantitative estimate of drug-likeness (QED) is 0.385. The molecule has 0 fully saturated rings. The van der Waals surface area contributed by atoms with Gasteiger partial charge in [0, 0.05) is 12.3 Å². The number of hydrogen-bond donors (Lipinski definition) is 2. The Kier molecular flexibility index (Phi) is 8.89. The number of carbonyl (C=O) groups is 2. The van der Waals surface area contributed by atoms with Crippen LogP contribution >= 0.6 is 11.3 Å². The summed E-state index contributed by atoms with van der Waals surface area (Å²) in [6.07, 6.45) is 2.39. The number of hydrogen-bond acceptors (Lipinski definition) is 7. The minimum Gasteiger partial charge on any atom is -0.457 e. The van der Waals surface area contributed by atoms with Crippen molar-refractivity contribution in [3.8, 4) is 0 Å². The Morgan fingerprint density at radius 3 is 2.57 bits per heavy atom. The van der Waals surface area contributed by atoms with Crippen LogP contribution in [0.4, 0.5) is 0 Å². The van der Waals surface area contributed by atoms with Crippen molar-refractivity contribution in [3.63, 3.8) is 0 Å². The summed E-state index contributed by atoms with van der Waals surface area (Å²) in [7, 11) is 0. The summed E-state index contributed by atoms with van der Waals surface area (Å²) in [6.45, 7) is 11.0. The lowest BCUT2D eigenvalue weighted by Crippen LogP contribution is -2.45. The van der Waals surface area contributed by atoms with Gasteiger partial charge in [-0.2, -0.15) is 0 Å². The summed E-state index contributed by atoms with van der Waals surface area (Å²) in [4.78, 5) is 30.7. The van der Waals surface area contributed by atoms with E-state index in [-0.39, 0.29) is 18.1 Å². The molecule has 1 aromatic carbocycles. The standard InChI is InChI=1S/C28H39NO5S/c1-16-8-7-9-17(2)26(32)18(3)27(33)28(5,6)24(30)15-25(31)34-22(13-10-16)20-11-12-21-23(14-20)35-19(4)29-21/h10-12,14,17-18,22,24,26,30,32H,7-9,13,15H2,1-6H3/t17?,18?,22-,24-,26-/m0/s1. The predicted octanol–water partition coefficient (Wildman–Crippen LogP) is 5.69. The lowest BCUT2D eigenvalue weighted by molar-refractivity contribution is -0.155. The number of aliphatic hydroxyl groups excluding tert-OH is 2. The number of fused-ring (bicyclic) bond motifs is 1. The first-order valence-electron chi connectivity index (χ1n) is 12.5. The fourth-order valence-electron chi connectivity index (χ4n) is 4.81. The topological polar surface area (TPSA) is 96.7 Å². The number of esters is 1. The average Bonchev–Trinajstić information content (AvgIpc) is 3.18. The van der Waals surface area contributed by atoms with Crippen molar-refractivity contribution in [3.05, 3.63) is 40.4 Å². The van der Waals surface area contributed by atoms with Gasteiger partial charge in [-0.15, -0.1) is 11.3 Å². The second-order valence-corrected chi connectivity index (χ2v) is 11.9. The van der Waals surface area contributed by atoms with Crippen LogP contribution in [0.5, 0.6) is 0 Å². The van der Waals surface area contributed by atoms with E-state index in [9.17, 15) is 19.8 Å². The van der Waals surface area contributed by atoms with Crippen LogP contribution in [0.3, 0.4) is 0 Å². The number of Topliss-reactive ketones (excluding diaryl/α,β-unsaturated/α-hetero) is 1. The van der Waals surface area contributed by atoms with Crippen LogP contribution in [0, 0.1) is 24.2 Å². The molecule has 0 radical (unpaired) electrons. The third-order valence-electron chi connectivity index (χ3n) is 7.41. The predicted molar refractivity (Wildman–Crippen MR) is 139 cm³/mol. The number of benzene rings is 1. The molecule has 2 N–H and O–H groups in total. The van der Waals surface area contributed by atoms with Crippen molar-refractivity contribution in [2.75, 3.05) is 0 Å². The number of thiazole rings is 1. The number of cyclic esters (lactones) is 1. The van der Waals surface area contributed by atoms with Crippen molar-refractivity contribution >= 4 is 33.3 Å². The normalized spacial score (nSPS) is 29.6. The molecule has 0 saturated carbocycles. The van der Waals surface area contributed by atoms with Gasteiger partial charge in [0.2, 0.25) is 0 Å². The summed E-state index contributed by atoms with van der Waals surface area (Å²) < 4.78 is 6.92. The number of nitrogens with zero attached hydrogens (tertiary/aromatic N) is 1. The van der Waals surface area contributed by atoms with E-state index in [1.165, 1.54) is 5.57 Å². The van der Waals surface area contributed by atoms with Gasteiger partial charge in [-0.3, -0.25) is 9.59 Å². The first kappa shape index (κ1) is 27.5. The maximum absolute atomic E-state index is 13.2. The molecule has 5 atom stereocenters. The van der Waals surface area contributed by atoms with Gasteiger partial charge in [0.15, 0.2) is 0 Å². The Morgan fingerprint density at radius 1 is 1.14 bits per heavy atom. The van der Waals surface area contributed by atoms with Crippen molar-refractivity contribution < 1.29 is 24.5 Å². The molecule has 0 bridgehead atoms. The molecular formula is C28H39NO5S. The van der Waals surface area contributed by atoms with Gasteiger partial charge >= 0.3 is 5.97 Å². The lowest BCUT2D eigenvalue weighted by atomic mass is 9.73. The Labute approximate surface area is 212 Å². The molecule has 0 amide bonds. The number of ketones is 1. The van der Waals surface area contributed by atoms with E-state index in [2.05, 4.69) is 18.0 Å². The number of ether oxygens (including phenoxy) is 1. The molecule has 1 aliphatic rings. The van der Waals surface area contributed by atoms with Gasteiger partial charge in [0.1, 0.15) is 11.9 Å². The third kappa shape index (κ3) is 6.57. The summed E-state index contributed by atoms with van der Waals surface area (Å²) >= 11 is 1.60. The molecule has 0 saturated heterocycles. The van der Waals surface area contributed by atoms with Crippen LogP contribution in [0.2, 0.25) is 0 Å². The highest BCUT2D eigenvalue weighted by atomic mass is 32.1. The fourth-order valence-corrected chi connectivity index (χ4v) is 5.69. The smallest absolute Gasteiger partial charge is 0.309 e. The lowest BCUT2D eigenvalue weighted by Gasteiger charge is -2.34. The first-order valence-corrected chi connectivity index (χ1v) is 13.3. The molecule has 3 rings (SSSR count). The number of aliphatic hydroxyl groups is 2. The summed E-state index contributed by atoms with van der Waals surface area (Å²) in [5.41, 5.74) is 1.81. The van der Waals surface area contributed by atoms with Crippen molar-refractivity contribution in [1.29, 1.82) is 0 Å². The fraction of sp³-hybridized carbons (Fsp3) is 0.607. The van der Waals surface area contributed by atoms with Gasteiger partial charge in [-0.25, -0.2) is 4.98 Å². The molecular weight excluding hydrogens is 462 g/mol. The molecule has 192 valence electrons. The maximum Gasteiger partial charge on any atom is 0.309 e. The summed E-state index contributed by atoms with van der Waals surface area (Å²) in [5.74, 6) is -1.49. The molecule has 2 aromatic rings. The number of aromatic nitrogens is 1. The van der Waals surface area contributed by atoms with Gasteiger partial charge in [-0.05, 0) is 56.7 Å². The molecule has 2 unspecified atom stereocenters. The van der Waals surface area contributed by atoms with Crippen LogP contribution in [0.15, 0.2) is 29.8 Å². The Morgan fingerprint density at radius 2 is 1.86 bits per heavy atom. The average molecular weight is 502 g/mol. The summed E-state index contributed by atoms with van der Waals surface area (Å²) in [5, 5.41) is 22.6. The molecule has 0 aliphatic carbocycles. The van der Waals surface area contributed by atoms with E-state index in [1.54, 1.807) is 32.1 Å². The van der Waals surface area contributed by atoms with Crippen LogP contribution in [0.25, 0.3) is 10.2 Å². The zero-order valence-corrected chi connectivity index (χ0v) is 22.5. The van der Waals surface area contributed by atoms with Crippen LogP contribution in [-0.4, -0.2) is 39.2 Å². The highest BCUT2D eigenvalue weighted by molar-refractivity contribution is 7.18. The highest BCUT2D eigenvalue weighted by Gasteiger charge is 2.42. The number of allylic oxidation sites excluding steroid dienone is 1. The van der Waals surface area contributed by atoms with Crippen molar-refractivity contribution in [2.45, 2.75) is 92.0 Å². The molecule has 1 aromatic heterocycles. The van der Waals surface area contributed by atoms with E-state index in [0.717, 1.165) is 40.1 Å². The Balaban J connectivity index is 1.91. The molecule has 1 aliphatic heterocycles. The zero-order valence-electron chi connectivity index (χ0n) is 21.7. The molecule has 7 heteroatoms. The molecule has 6 nitrogen and oxygen atoms in total. The molecule has 0 spiro atoms. The largest absolute Gasteiger partial charge is 0.457 e. The second kappa shape index (κ2) is 11.3. The number of rotatable bonds is 1. The van der Waals surface area contributed by atoms with Gasteiger partial charge in [0.05, 0.1) is 39.3 Å². The van der Waals surface area contributed by atoms with Gasteiger partial charge < -0.3 is 14.9 Å². The minimum absolute atomic E-state index is 0.0464. The van der Waals surface area contributed by atoms with Crippen LogP contribution < -0.4 is 0 Å². The molecule has 35 heavy (non-hydrogen) atoms. The maximum atomic E-state index is 13.2. The van der Waals surface area contributed by atoms with Crippen molar-refractivity contribution in [1.82, 2.24) is 4.98 Å². The van der Waals surface area contributed by atoms with Crippen molar-refractivity contribution in [2.24, 2.45) is 17.3 Å². The zero-order chi connectivity index (χ0) is 25.9. The van der Waals surface area contributed by atoms with Crippen LogP contribution in [0.1, 0.15) is 83.4 Å². The van der Waals surface area contributed by atoms with Gasteiger partial charge in [-0.1, -0.05) is 45.4 Å². The SMILES string of the molecule is CC1=CC[C@@H](c2ccc3nc(C)sc3c2)OC(=O)C[C@H](O)C(C)(C)C(=O)C(C)[C@@H](O)C(C)CCC1. The van der Waals surface area contributed by atoms with Crippen LogP contribution in [-0.2, 0) is 14.3 Å². The minimum atomic E-state index is -1.22. The summed E-state index contributed by atoms with van der Waals surface area (Å²) in [6, 6.07) is 5.91. The second-order valence-electron chi connectivity index (χ2n) is 10.7. The number of carbonyl (C=O) groups excluding carboxylic acids is 2. The van der Waals surface area contributed by atoms with E-state index < -0.39 is 35.6 Å². The Bertz CT molecular complexity index is 1090. The monoisotopic (exact) mass is 501 g/mol. The van der Waals surface area contributed by atoms with E-state index >= 15 is 0 Å². The Hall–Kier alpha value is -2.09. The van der Waals surface area contributed by atoms with E-state index in [1.807, 2.05) is 32.0 Å². The first-order chi connectivity index (χ1) is 16.4. The number of aryl methyl sites for hydroxylation is 1. The van der Waals surface area contributed by atoms with E-state index in [4.69, 9.17) is 4.74 Å². The third-order valence-corrected chi connectivity index (χ3v) is 8.35.